The number of rotatable bonds is 9. The van der Waals surface area contributed by atoms with Crippen LogP contribution >= 0.6 is 0 Å². The molecule has 0 bridgehead atoms. The van der Waals surface area contributed by atoms with Gasteiger partial charge in [-0.15, -0.1) is 0 Å². The summed E-state index contributed by atoms with van der Waals surface area (Å²) in [7, 11) is 0. The second-order valence-corrected chi connectivity index (χ2v) is 7.75. The molecule has 7 heteroatoms. The van der Waals surface area contributed by atoms with Crippen molar-refractivity contribution >= 4 is 17.8 Å². The van der Waals surface area contributed by atoms with Crippen molar-refractivity contribution in [2.75, 3.05) is 19.7 Å². The van der Waals surface area contributed by atoms with Gasteiger partial charge in [-0.2, -0.15) is 0 Å². The molecule has 0 aliphatic heterocycles. The van der Waals surface area contributed by atoms with Crippen molar-refractivity contribution in [3.63, 3.8) is 0 Å². The third-order valence-electron chi connectivity index (χ3n) is 5.45. The Morgan fingerprint density at radius 1 is 0.812 bits per heavy atom. The summed E-state index contributed by atoms with van der Waals surface area (Å²) in [4.78, 5) is 36.1. The van der Waals surface area contributed by atoms with E-state index in [0.29, 0.717) is 36.6 Å². The molecule has 0 radical (unpaired) electrons. The highest BCUT2D eigenvalue weighted by molar-refractivity contribution is 5.95. The molecule has 170 valence electrons. The molecule has 0 unspecified atom stereocenters. The van der Waals surface area contributed by atoms with E-state index in [1.165, 1.54) is 0 Å². The average molecular weight is 439 g/mol. The van der Waals surface area contributed by atoms with Gasteiger partial charge in [-0.3, -0.25) is 14.4 Å². The Kier molecular flexibility index (Phi) is 8.66. The first kappa shape index (κ1) is 23.3. The molecule has 0 spiro atoms. The average Bonchev–Trinajstić information content (AvgIpc) is 2.83. The SMILES string of the molecule is CCOC(=O)[C@H]1CC[C@@H](Oc2ccc(C(=O)NCCNC(=O)c3ccccc3)cc2)CC1. The van der Waals surface area contributed by atoms with Crippen molar-refractivity contribution in [2.24, 2.45) is 5.92 Å². The summed E-state index contributed by atoms with van der Waals surface area (Å²) in [6.07, 6.45) is 3.21. The van der Waals surface area contributed by atoms with Crippen LogP contribution in [0.3, 0.4) is 0 Å². The number of carbonyl (C=O) groups is 3. The fourth-order valence-electron chi connectivity index (χ4n) is 3.70. The third kappa shape index (κ3) is 6.83. The van der Waals surface area contributed by atoms with E-state index in [-0.39, 0.29) is 29.8 Å². The van der Waals surface area contributed by atoms with Crippen LogP contribution < -0.4 is 15.4 Å². The van der Waals surface area contributed by atoms with Crippen molar-refractivity contribution in [2.45, 2.75) is 38.7 Å². The lowest BCUT2D eigenvalue weighted by molar-refractivity contribution is -0.149. The standard InChI is InChI=1S/C25H30N2O5/c1-2-31-25(30)20-10-14-22(15-11-20)32-21-12-8-19(9-13-21)24(29)27-17-16-26-23(28)18-6-4-3-5-7-18/h3-9,12-13,20,22H,2,10-11,14-17H2,1H3,(H,26,28)(H,27,29)/t20-,22+. The van der Waals surface area contributed by atoms with Gasteiger partial charge in [0.25, 0.3) is 11.8 Å². The van der Waals surface area contributed by atoms with Crippen molar-refractivity contribution < 1.29 is 23.9 Å². The van der Waals surface area contributed by atoms with Crippen LogP contribution in [0.4, 0.5) is 0 Å². The number of hydrogen-bond donors (Lipinski definition) is 2. The number of carbonyl (C=O) groups excluding carboxylic acids is 3. The molecule has 0 heterocycles. The Bertz CT molecular complexity index is 890. The van der Waals surface area contributed by atoms with Crippen LogP contribution in [0.5, 0.6) is 5.75 Å². The summed E-state index contributed by atoms with van der Waals surface area (Å²) in [5.74, 6) is 0.189. The summed E-state index contributed by atoms with van der Waals surface area (Å²) in [6.45, 7) is 2.91. The zero-order valence-corrected chi connectivity index (χ0v) is 18.3. The van der Waals surface area contributed by atoms with Gasteiger partial charge in [0.05, 0.1) is 18.6 Å². The maximum Gasteiger partial charge on any atom is 0.308 e. The van der Waals surface area contributed by atoms with Gasteiger partial charge in [-0.05, 0) is 69.0 Å². The Morgan fingerprint density at radius 3 is 1.94 bits per heavy atom. The topological polar surface area (TPSA) is 93.7 Å². The van der Waals surface area contributed by atoms with Crippen LogP contribution in [0.15, 0.2) is 54.6 Å². The van der Waals surface area contributed by atoms with E-state index in [1.807, 2.05) is 13.0 Å². The number of amides is 2. The molecule has 2 aromatic carbocycles. The monoisotopic (exact) mass is 438 g/mol. The zero-order valence-electron chi connectivity index (χ0n) is 18.3. The molecule has 32 heavy (non-hydrogen) atoms. The number of esters is 1. The first-order valence-corrected chi connectivity index (χ1v) is 11.1. The largest absolute Gasteiger partial charge is 0.490 e. The van der Waals surface area contributed by atoms with E-state index >= 15 is 0 Å². The van der Waals surface area contributed by atoms with Gasteiger partial charge in [0.15, 0.2) is 0 Å². The molecule has 2 aromatic rings. The van der Waals surface area contributed by atoms with Gasteiger partial charge in [-0.25, -0.2) is 0 Å². The molecule has 0 saturated heterocycles. The number of benzene rings is 2. The van der Waals surface area contributed by atoms with E-state index in [1.54, 1.807) is 48.5 Å². The van der Waals surface area contributed by atoms with Gasteiger partial charge >= 0.3 is 5.97 Å². The van der Waals surface area contributed by atoms with E-state index in [2.05, 4.69) is 10.6 Å². The third-order valence-corrected chi connectivity index (χ3v) is 5.45. The molecule has 1 saturated carbocycles. The van der Waals surface area contributed by atoms with Gasteiger partial charge in [0.1, 0.15) is 5.75 Å². The molecular weight excluding hydrogens is 408 g/mol. The molecule has 2 amide bonds. The van der Waals surface area contributed by atoms with Crippen LogP contribution in [-0.4, -0.2) is 43.6 Å². The Morgan fingerprint density at radius 2 is 1.38 bits per heavy atom. The molecule has 2 N–H and O–H groups in total. The number of hydrogen-bond acceptors (Lipinski definition) is 5. The van der Waals surface area contributed by atoms with Crippen LogP contribution in [-0.2, 0) is 9.53 Å². The summed E-state index contributed by atoms with van der Waals surface area (Å²) in [5, 5.41) is 5.57. The predicted molar refractivity (Wildman–Crippen MR) is 121 cm³/mol. The smallest absolute Gasteiger partial charge is 0.308 e. The molecule has 7 nitrogen and oxygen atoms in total. The van der Waals surface area contributed by atoms with Crippen LogP contribution in [0.1, 0.15) is 53.3 Å². The zero-order chi connectivity index (χ0) is 22.8. The second kappa shape index (κ2) is 11.9. The van der Waals surface area contributed by atoms with Crippen molar-refractivity contribution in [1.29, 1.82) is 0 Å². The first-order valence-electron chi connectivity index (χ1n) is 11.1. The minimum Gasteiger partial charge on any atom is -0.490 e. The molecule has 3 rings (SSSR count). The summed E-state index contributed by atoms with van der Waals surface area (Å²) < 4.78 is 11.1. The fourth-order valence-corrected chi connectivity index (χ4v) is 3.70. The fraction of sp³-hybridized carbons (Fsp3) is 0.400. The van der Waals surface area contributed by atoms with Crippen LogP contribution in [0, 0.1) is 5.92 Å². The van der Waals surface area contributed by atoms with Crippen molar-refractivity contribution in [3.8, 4) is 5.75 Å². The lowest BCUT2D eigenvalue weighted by Gasteiger charge is -2.27. The minimum absolute atomic E-state index is 0.0293. The van der Waals surface area contributed by atoms with Gasteiger partial charge in [-0.1, -0.05) is 18.2 Å². The molecule has 1 fully saturated rings. The van der Waals surface area contributed by atoms with E-state index < -0.39 is 0 Å². The Labute approximate surface area is 188 Å². The van der Waals surface area contributed by atoms with Crippen molar-refractivity contribution in [1.82, 2.24) is 10.6 Å². The van der Waals surface area contributed by atoms with Gasteiger partial charge in [0.2, 0.25) is 0 Å². The lowest BCUT2D eigenvalue weighted by Crippen LogP contribution is -2.34. The summed E-state index contributed by atoms with van der Waals surface area (Å²) in [5.41, 5.74) is 1.11. The molecule has 0 atom stereocenters. The predicted octanol–water partition coefficient (Wildman–Crippen LogP) is 3.35. The molecular formula is C25H30N2O5. The highest BCUT2D eigenvalue weighted by Crippen LogP contribution is 2.28. The van der Waals surface area contributed by atoms with Gasteiger partial charge in [0, 0.05) is 24.2 Å². The van der Waals surface area contributed by atoms with E-state index in [9.17, 15) is 14.4 Å². The van der Waals surface area contributed by atoms with Crippen molar-refractivity contribution in [3.05, 3.63) is 65.7 Å². The molecule has 1 aliphatic carbocycles. The number of nitrogens with one attached hydrogen (secondary N) is 2. The minimum atomic E-state index is -0.208. The van der Waals surface area contributed by atoms with Crippen LogP contribution in [0.25, 0.3) is 0 Å². The first-order chi connectivity index (χ1) is 15.6. The quantitative estimate of drug-likeness (QED) is 0.463. The highest BCUT2D eigenvalue weighted by atomic mass is 16.5. The Hall–Kier alpha value is -3.35. The molecule has 0 aromatic heterocycles. The Balaban J connectivity index is 1.37. The maximum atomic E-state index is 12.3. The van der Waals surface area contributed by atoms with E-state index in [0.717, 1.165) is 25.7 Å². The normalized spacial score (nSPS) is 17.8. The summed E-state index contributed by atoms with van der Waals surface area (Å²) in [6, 6.07) is 15.9. The maximum absolute atomic E-state index is 12.3. The lowest BCUT2D eigenvalue weighted by atomic mass is 9.87. The van der Waals surface area contributed by atoms with Gasteiger partial charge < -0.3 is 20.1 Å². The molecule has 1 aliphatic rings. The second-order valence-electron chi connectivity index (χ2n) is 7.75. The highest BCUT2D eigenvalue weighted by Gasteiger charge is 2.28. The van der Waals surface area contributed by atoms with E-state index in [4.69, 9.17) is 9.47 Å². The number of ether oxygens (including phenoxy) is 2. The summed E-state index contributed by atoms with van der Waals surface area (Å²) >= 11 is 0. The van der Waals surface area contributed by atoms with Crippen LogP contribution in [0.2, 0.25) is 0 Å².